The van der Waals surface area contributed by atoms with Crippen LogP contribution >= 0.6 is 0 Å². The third-order valence-corrected chi connectivity index (χ3v) is 2.75. The lowest BCUT2D eigenvalue weighted by molar-refractivity contribution is -0.124. The van der Waals surface area contributed by atoms with Gasteiger partial charge in [0.25, 0.3) is 0 Å². The van der Waals surface area contributed by atoms with E-state index in [2.05, 4.69) is 20.6 Å². The molecule has 8 heteroatoms. The van der Waals surface area contributed by atoms with Crippen LogP contribution in [0.5, 0.6) is 0 Å². The highest BCUT2D eigenvalue weighted by molar-refractivity contribution is 5.79. The van der Waals surface area contributed by atoms with Crippen molar-refractivity contribution in [1.82, 2.24) is 25.2 Å². The third-order valence-electron chi connectivity index (χ3n) is 2.75. The van der Waals surface area contributed by atoms with Crippen molar-refractivity contribution in [2.45, 2.75) is 25.9 Å². The molecule has 0 aliphatic heterocycles. The Hall–Kier alpha value is -2.22. The van der Waals surface area contributed by atoms with Gasteiger partial charge in [0.2, 0.25) is 11.8 Å². The first-order chi connectivity index (χ1) is 9.70. The van der Waals surface area contributed by atoms with Gasteiger partial charge < -0.3 is 14.6 Å². The van der Waals surface area contributed by atoms with Gasteiger partial charge in [0.05, 0.1) is 19.6 Å². The first-order valence-electron chi connectivity index (χ1n) is 6.28. The average Bonchev–Trinajstić information content (AvgIpc) is 3.13. The molecule has 0 saturated heterocycles. The van der Waals surface area contributed by atoms with Crippen molar-refractivity contribution in [1.29, 1.82) is 0 Å². The summed E-state index contributed by atoms with van der Waals surface area (Å²) in [6.07, 6.45) is 3.92. The molecule has 8 nitrogen and oxygen atoms in total. The number of ether oxygens (including phenoxy) is 1. The van der Waals surface area contributed by atoms with Crippen LogP contribution in [-0.4, -0.2) is 39.5 Å². The molecule has 20 heavy (non-hydrogen) atoms. The Balaban J connectivity index is 1.82. The molecule has 108 valence electrons. The minimum Gasteiger partial charge on any atom is -0.384 e. The zero-order valence-electron chi connectivity index (χ0n) is 11.4. The SMILES string of the molecule is COCCc1nc(CNC(=O)C(C)n2cccn2)no1. The van der Waals surface area contributed by atoms with Crippen molar-refractivity contribution < 1.29 is 14.1 Å². The molecule has 2 aromatic rings. The minimum absolute atomic E-state index is 0.156. The van der Waals surface area contributed by atoms with Crippen LogP contribution in [0.4, 0.5) is 0 Å². The minimum atomic E-state index is -0.384. The third kappa shape index (κ3) is 3.64. The first-order valence-corrected chi connectivity index (χ1v) is 6.28. The van der Waals surface area contributed by atoms with E-state index in [-0.39, 0.29) is 18.5 Å². The van der Waals surface area contributed by atoms with Gasteiger partial charge in [-0.1, -0.05) is 5.16 Å². The summed E-state index contributed by atoms with van der Waals surface area (Å²) in [5, 5.41) is 10.5. The molecule has 0 fully saturated rings. The monoisotopic (exact) mass is 279 g/mol. The molecule has 1 amide bonds. The Morgan fingerprint density at radius 1 is 1.60 bits per heavy atom. The normalized spacial score (nSPS) is 12.3. The second-order valence-electron chi connectivity index (χ2n) is 4.23. The van der Waals surface area contributed by atoms with E-state index in [0.29, 0.717) is 24.7 Å². The summed E-state index contributed by atoms with van der Waals surface area (Å²) in [6.45, 7) is 2.51. The lowest BCUT2D eigenvalue weighted by Crippen LogP contribution is -2.31. The second kappa shape index (κ2) is 6.80. The van der Waals surface area contributed by atoms with E-state index in [4.69, 9.17) is 9.26 Å². The van der Waals surface area contributed by atoms with Gasteiger partial charge in [-0.2, -0.15) is 10.1 Å². The Morgan fingerprint density at radius 2 is 2.45 bits per heavy atom. The summed E-state index contributed by atoms with van der Waals surface area (Å²) < 4.78 is 11.5. The molecule has 0 aromatic carbocycles. The number of amides is 1. The molecular weight excluding hydrogens is 262 g/mol. The number of nitrogens with one attached hydrogen (secondary N) is 1. The molecule has 0 spiro atoms. The number of hydrogen-bond acceptors (Lipinski definition) is 6. The van der Waals surface area contributed by atoms with Gasteiger partial charge in [0.1, 0.15) is 6.04 Å². The van der Waals surface area contributed by atoms with Gasteiger partial charge in [0.15, 0.2) is 5.82 Å². The van der Waals surface area contributed by atoms with E-state index in [9.17, 15) is 4.79 Å². The van der Waals surface area contributed by atoms with Crippen molar-refractivity contribution in [3.8, 4) is 0 Å². The van der Waals surface area contributed by atoms with Gasteiger partial charge in [-0.05, 0) is 13.0 Å². The molecular formula is C12H17N5O3. The molecule has 0 saturated carbocycles. The van der Waals surface area contributed by atoms with Crippen LogP contribution in [0.3, 0.4) is 0 Å². The van der Waals surface area contributed by atoms with Gasteiger partial charge in [-0.15, -0.1) is 0 Å². The van der Waals surface area contributed by atoms with Crippen molar-refractivity contribution in [3.05, 3.63) is 30.2 Å². The maximum absolute atomic E-state index is 11.9. The van der Waals surface area contributed by atoms with Crippen LogP contribution in [0.2, 0.25) is 0 Å². The Morgan fingerprint density at radius 3 is 3.15 bits per heavy atom. The Kier molecular flexibility index (Phi) is 4.83. The average molecular weight is 279 g/mol. The fourth-order valence-electron chi connectivity index (χ4n) is 1.60. The zero-order valence-corrected chi connectivity index (χ0v) is 11.4. The molecule has 1 atom stereocenters. The van der Waals surface area contributed by atoms with Crippen molar-refractivity contribution >= 4 is 5.91 Å². The van der Waals surface area contributed by atoms with Crippen molar-refractivity contribution in [3.63, 3.8) is 0 Å². The predicted molar refractivity (Wildman–Crippen MR) is 68.7 cm³/mol. The lowest BCUT2D eigenvalue weighted by atomic mass is 10.3. The molecule has 0 radical (unpaired) electrons. The molecule has 1 N–H and O–H groups in total. The molecule has 1 unspecified atom stereocenters. The molecule has 2 rings (SSSR count). The topological polar surface area (TPSA) is 95.1 Å². The number of aromatic nitrogens is 4. The van der Waals surface area contributed by atoms with E-state index in [0.717, 1.165) is 0 Å². The van der Waals surface area contributed by atoms with Crippen molar-refractivity contribution in [2.75, 3.05) is 13.7 Å². The maximum atomic E-state index is 11.9. The smallest absolute Gasteiger partial charge is 0.244 e. The van der Waals surface area contributed by atoms with Gasteiger partial charge in [-0.25, -0.2) is 0 Å². The van der Waals surface area contributed by atoms with Crippen LogP contribution in [0.1, 0.15) is 24.7 Å². The Bertz CT molecular complexity index is 537. The molecule has 2 heterocycles. The largest absolute Gasteiger partial charge is 0.384 e. The first kappa shape index (κ1) is 14.2. The maximum Gasteiger partial charge on any atom is 0.244 e. The number of nitrogens with zero attached hydrogens (tertiary/aromatic N) is 4. The van der Waals surface area contributed by atoms with E-state index in [1.54, 1.807) is 37.2 Å². The highest BCUT2D eigenvalue weighted by Gasteiger charge is 2.15. The van der Waals surface area contributed by atoms with E-state index < -0.39 is 0 Å². The Labute approximate surface area is 116 Å². The summed E-state index contributed by atoms with van der Waals surface area (Å²) in [4.78, 5) is 16.1. The highest BCUT2D eigenvalue weighted by Crippen LogP contribution is 2.04. The molecule has 0 bridgehead atoms. The summed E-state index contributed by atoms with van der Waals surface area (Å²) in [7, 11) is 1.61. The van der Waals surface area contributed by atoms with E-state index >= 15 is 0 Å². The van der Waals surface area contributed by atoms with Crippen LogP contribution in [0.25, 0.3) is 0 Å². The summed E-state index contributed by atoms with van der Waals surface area (Å²) in [5.41, 5.74) is 0. The standard InChI is InChI=1S/C12H17N5O3/c1-9(17-6-3-5-14-17)12(18)13-8-10-15-11(20-16-10)4-7-19-2/h3,5-6,9H,4,7-8H2,1-2H3,(H,13,18). The van der Waals surface area contributed by atoms with Crippen LogP contribution < -0.4 is 5.32 Å². The number of carbonyl (C=O) groups excluding carboxylic acids is 1. The number of rotatable bonds is 7. The van der Waals surface area contributed by atoms with Gasteiger partial charge in [0, 0.05) is 19.5 Å². The second-order valence-corrected chi connectivity index (χ2v) is 4.23. The summed E-state index contributed by atoms with van der Waals surface area (Å²) in [5.74, 6) is 0.783. The number of carbonyl (C=O) groups is 1. The number of hydrogen-bond donors (Lipinski definition) is 1. The van der Waals surface area contributed by atoms with Crippen LogP contribution in [0, 0.1) is 0 Å². The summed E-state index contributed by atoms with van der Waals surface area (Å²) in [6, 6.07) is 1.38. The fraction of sp³-hybridized carbons (Fsp3) is 0.500. The highest BCUT2D eigenvalue weighted by atomic mass is 16.5. The fourth-order valence-corrected chi connectivity index (χ4v) is 1.60. The van der Waals surface area contributed by atoms with Crippen LogP contribution in [-0.2, 0) is 22.5 Å². The molecule has 2 aromatic heterocycles. The number of methoxy groups -OCH3 is 1. The predicted octanol–water partition coefficient (Wildman–Crippen LogP) is 0.332. The zero-order chi connectivity index (χ0) is 14.4. The molecule has 0 aliphatic rings. The van der Waals surface area contributed by atoms with Gasteiger partial charge >= 0.3 is 0 Å². The quantitative estimate of drug-likeness (QED) is 0.785. The van der Waals surface area contributed by atoms with Crippen molar-refractivity contribution in [2.24, 2.45) is 0 Å². The lowest BCUT2D eigenvalue weighted by Gasteiger charge is -2.11. The summed E-state index contributed by atoms with van der Waals surface area (Å²) >= 11 is 0. The van der Waals surface area contributed by atoms with E-state index in [1.165, 1.54) is 0 Å². The van der Waals surface area contributed by atoms with E-state index in [1.807, 2.05) is 0 Å². The molecule has 0 aliphatic carbocycles. The van der Waals surface area contributed by atoms with Crippen LogP contribution in [0.15, 0.2) is 23.0 Å². The van der Waals surface area contributed by atoms with Gasteiger partial charge in [-0.3, -0.25) is 9.48 Å².